The molecule has 0 bridgehead atoms. The third-order valence-corrected chi connectivity index (χ3v) is 8.54. The monoisotopic (exact) mass is 557 g/mol. The van der Waals surface area contributed by atoms with Crippen LogP contribution in [0, 0.1) is 0 Å². The number of pyridine rings is 1. The quantitative estimate of drug-likeness (QED) is 0.216. The Bertz CT molecular complexity index is 2150. The Labute approximate surface area is 249 Å². The molecule has 0 amide bonds. The first-order valence-electron chi connectivity index (χ1n) is 14.5. The zero-order chi connectivity index (χ0) is 28.5. The summed E-state index contributed by atoms with van der Waals surface area (Å²) in [5.41, 5.74) is 9.73. The number of anilines is 6. The molecule has 0 radical (unpaired) electrons. The van der Waals surface area contributed by atoms with Crippen LogP contribution in [0.5, 0.6) is 11.5 Å². The maximum Gasteiger partial charge on any atom is 0.151 e. The number of para-hydroxylation sites is 5. The zero-order valence-electron chi connectivity index (χ0n) is 23.6. The van der Waals surface area contributed by atoms with Crippen molar-refractivity contribution in [2.75, 3.05) is 28.4 Å². The molecule has 5 aromatic carbocycles. The van der Waals surface area contributed by atoms with Gasteiger partial charge in [-0.2, -0.15) is 0 Å². The molecule has 0 unspecified atom stereocenters. The lowest BCUT2D eigenvalue weighted by Gasteiger charge is -2.34. The molecule has 6 nitrogen and oxygen atoms in total. The van der Waals surface area contributed by atoms with Gasteiger partial charge in [0.15, 0.2) is 11.5 Å². The number of hydrogen-bond acceptors (Lipinski definition) is 5. The van der Waals surface area contributed by atoms with Gasteiger partial charge in [0.05, 0.1) is 34.9 Å². The van der Waals surface area contributed by atoms with Crippen molar-refractivity contribution in [1.29, 1.82) is 0 Å². The average Bonchev–Trinajstić information content (AvgIpc) is 3.58. The fourth-order valence-electron chi connectivity index (χ4n) is 6.62. The molecule has 0 aliphatic carbocycles. The lowest BCUT2D eigenvalue weighted by Crippen LogP contribution is -2.24. The van der Waals surface area contributed by atoms with E-state index in [1.165, 1.54) is 16.8 Å². The van der Waals surface area contributed by atoms with Gasteiger partial charge >= 0.3 is 0 Å². The molecular weight excluding hydrogens is 530 g/mol. The van der Waals surface area contributed by atoms with Crippen molar-refractivity contribution in [1.82, 2.24) is 9.55 Å². The molecule has 6 heteroatoms. The van der Waals surface area contributed by atoms with Gasteiger partial charge in [-0.15, -0.1) is 0 Å². The van der Waals surface area contributed by atoms with E-state index >= 15 is 0 Å². The third kappa shape index (κ3) is 3.56. The second-order valence-electron chi connectivity index (χ2n) is 11.1. The molecule has 0 fully saturated rings. The van der Waals surface area contributed by atoms with Crippen molar-refractivity contribution in [2.45, 2.75) is 0 Å². The van der Waals surface area contributed by atoms with Crippen molar-refractivity contribution in [3.63, 3.8) is 0 Å². The predicted octanol–water partition coefficient (Wildman–Crippen LogP) is 9.30. The Morgan fingerprint density at radius 2 is 1.33 bits per heavy atom. The van der Waals surface area contributed by atoms with Crippen LogP contribution in [0.15, 0.2) is 134 Å². The number of benzene rings is 5. The maximum absolute atomic E-state index is 6.48. The highest BCUT2D eigenvalue weighted by molar-refractivity contribution is 6.08. The fourth-order valence-corrected chi connectivity index (χ4v) is 6.62. The highest BCUT2D eigenvalue weighted by atomic mass is 16.5. The van der Waals surface area contributed by atoms with Crippen LogP contribution in [-0.2, 0) is 0 Å². The van der Waals surface area contributed by atoms with Crippen molar-refractivity contribution >= 4 is 56.1 Å². The van der Waals surface area contributed by atoms with Crippen LogP contribution < -0.4 is 19.4 Å². The summed E-state index contributed by atoms with van der Waals surface area (Å²) >= 11 is 0. The van der Waals surface area contributed by atoms with Crippen molar-refractivity contribution < 1.29 is 4.74 Å². The summed E-state index contributed by atoms with van der Waals surface area (Å²) in [6, 6.07) is 44.7. The summed E-state index contributed by atoms with van der Waals surface area (Å²) < 4.78 is 8.73. The van der Waals surface area contributed by atoms with Gasteiger partial charge in [-0.05, 0) is 78.9 Å². The van der Waals surface area contributed by atoms with Crippen LogP contribution in [0.1, 0.15) is 0 Å². The number of aromatic nitrogens is 2. The second kappa shape index (κ2) is 9.13. The third-order valence-electron chi connectivity index (χ3n) is 8.54. The average molecular weight is 558 g/mol. The van der Waals surface area contributed by atoms with E-state index in [9.17, 15) is 0 Å². The first-order chi connectivity index (χ1) is 21.2. The summed E-state index contributed by atoms with van der Waals surface area (Å²) in [7, 11) is 2.14. The van der Waals surface area contributed by atoms with E-state index in [1.54, 1.807) is 0 Å². The Kier molecular flexibility index (Phi) is 5.07. The summed E-state index contributed by atoms with van der Waals surface area (Å²) in [5, 5.41) is 2.32. The van der Waals surface area contributed by atoms with Gasteiger partial charge in [0.1, 0.15) is 5.65 Å². The van der Waals surface area contributed by atoms with Crippen LogP contribution >= 0.6 is 0 Å². The summed E-state index contributed by atoms with van der Waals surface area (Å²) in [4.78, 5) is 11.8. The molecule has 206 valence electrons. The molecule has 0 atom stereocenters. The van der Waals surface area contributed by atoms with Crippen LogP contribution in [0.2, 0.25) is 0 Å². The summed E-state index contributed by atoms with van der Waals surface area (Å²) in [6.45, 7) is 0.796. The number of nitrogens with zero attached hydrogens (tertiary/aromatic N) is 5. The molecule has 0 spiro atoms. The number of rotatable bonds is 3. The molecule has 7 aromatic rings. The zero-order valence-corrected chi connectivity index (χ0v) is 23.6. The summed E-state index contributed by atoms with van der Waals surface area (Å²) in [5.74, 6) is 1.64. The lowest BCUT2D eigenvalue weighted by atomic mass is 10.1. The molecule has 2 aliphatic rings. The van der Waals surface area contributed by atoms with Gasteiger partial charge in [-0.1, -0.05) is 48.5 Å². The summed E-state index contributed by atoms with van der Waals surface area (Å²) in [6.07, 6.45) is 1.86. The van der Waals surface area contributed by atoms with Crippen molar-refractivity contribution in [2.24, 2.45) is 0 Å². The highest BCUT2D eigenvalue weighted by Gasteiger charge is 2.29. The van der Waals surface area contributed by atoms with Crippen LogP contribution in [0.25, 0.3) is 27.6 Å². The Morgan fingerprint density at radius 3 is 2.26 bits per heavy atom. The lowest BCUT2D eigenvalue weighted by molar-refractivity contribution is 0.477. The SMILES string of the molecule is CN1CN(c2cccc(N3c4ccccc4Oc4ccc(-n5c6ccccc6c6cccnc65)cc43)c2)c2ccccc21. The largest absolute Gasteiger partial charge is 0.453 e. The minimum Gasteiger partial charge on any atom is -0.453 e. The predicted molar refractivity (Wildman–Crippen MR) is 175 cm³/mol. The molecule has 0 saturated carbocycles. The van der Waals surface area contributed by atoms with Gasteiger partial charge in [0.2, 0.25) is 0 Å². The van der Waals surface area contributed by atoms with Crippen LogP contribution in [0.4, 0.5) is 34.1 Å². The van der Waals surface area contributed by atoms with E-state index in [4.69, 9.17) is 9.72 Å². The standard InChI is InChI=1S/C37H27N5O/c1-39-24-40(32-16-5-4-15-31(32)39)25-10-8-11-26(22-25)41-33-17-6-7-18-35(33)43-36-20-19-27(23-34(36)41)42-30-14-3-2-12-28(30)29-13-9-21-38-37(29)42/h2-23H,24H2,1H3. The van der Waals surface area contributed by atoms with Gasteiger partial charge in [0.25, 0.3) is 0 Å². The van der Waals surface area contributed by atoms with Crippen molar-refractivity contribution in [3.05, 3.63) is 134 Å². The second-order valence-corrected chi connectivity index (χ2v) is 11.1. The molecule has 0 N–H and O–H groups in total. The molecule has 9 rings (SSSR count). The topological polar surface area (TPSA) is 36.8 Å². The molecule has 4 heterocycles. The molecule has 2 aliphatic heterocycles. The Balaban J connectivity index is 1.23. The normalized spacial score (nSPS) is 13.7. The van der Waals surface area contributed by atoms with E-state index in [2.05, 4.69) is 136 Å². The number of ether oxygens (including phenoxy) is 1. The molecule has 0 saturated heterocycles. The van der Waals surface area contributed by atoms with E-state index < -0.39 is 0 Å². The number of hydrogen-bond donors (Lipinski definition) is 0. The van der Waals surface area contributed by atoms with Crippen LogP contribution in [-0.4, -0.2) is 23.3 Å². The smallest absolute Gasteiger partial charge is 0.151 e. The Hall–Kier alpha value is -5.75. The van der Waals surface area contributed by atoms with E-state index in [0.29, 0.717) is 0 Å². The van der Waals surface area contributed by atoms with E-state index in [1.807, 2.05) is 24.4 Å². The number of fused-ring (bicyclic) bond motifs is 6. The Morgan fingerprint density at radius 1 is 0.581 bits per heavy atom. The first kappa shape index (κ1) is 23.9. The molecule has 43 heavy (non-hydrogen) atoms. The van der Waals surface area contributed by atoms with Crippen molar-refractivity contribution in [3.8, 4) is 17.2 Å². The minimum atomic E-state index is 0.796. The highest BCUT2D eigenvalue weighted by Crippen LogP contribution is 2.52. The van der Waals surface area contributed by atoms with Gasteiger partial charge < -0.3 is 19.4 Å². The molecular formula is C37H27N5O. The van der Waals surface area contributed by atoms with Crippen LogP contribution in [0.3, 0.4) is 0 Å². The van der Waals surface area contributed by atoms with Gasteiger partial charge in [-0.25, -0.2) is 4.98 Å². The molecule has 2 aromatic heterocycles. The van der Waals surface area contributed by atoms with Gasteiger partial charge in [-0.3, -0.25) is 4.57 Å². The van der Waals surface area contributed by atoms with E-state index in [-0.39, 0.29) is 0 Å². The fraction of sp³-hybridized carbons (Fsp3) is 0.0541. The van der Waals surface area contributed by atoms with E-state index in [0.717, 1.165) is 63.2 Å². The minimum absolute atomic E-state index is 0.796. The maximum atomic E-state index is 6.48. The van der Waals surface area contributed by atoms with Gasteiger partial charge in [0, 0.05) is 41.1 Å². The first-order valence-corrected chi connectivity index (χ1v) is 14.5.